The predicted octanol–water partition coefficient (Wildman–Crippen LogP) is 4.21. The number of thioether (sulfide) groups is 1. The summed E-state index contributed by atoms with van der Waals surface area (Å²) in [5.41, 5.74) is 5.83. The van der Waals surface area contributed by atoms with Crippen LogP contribution < -0.4 is 5.43 Å². The number of imidazole rings is 1. The second-order valence-corrected chi connectivity index (χ2v) is 7.07. The van der Waals surface area contributed by atoms with Crippen molar-refractivity contribution in [3.8, 4) is 0 Å². The Morgan fingerprint density at radius 1 is 1.21 bits per heavy atom. The molecule has 5 nitrogen and oxygen atoms in total. The van der Waals surface area contributed by atoms with Crippen LogP contribution in [0.15, 0.2) is 48.5 Å². The SMILES string of the molecule is O=C1CCSC(c2ccccc2Cl)N1Nc1nc2ccccc2[nH]1. The van der Waals surface area contributed by atoms with Gasteiger partial charge in [0.25, 0.3) is 0 Å². The molecule has 122 valence electrons. The van der Waals surface area contributed by atoms with E-state index in [4.69, 9.17) is 11.6 Å². The standard InChI is InChI=1S/C17H15ClN4OS/c18-12-6-2-1-5-11(12)16-22(15(23)9-10-24-16)21-17-19-13-7-3-4-8-14(13)20-17/h1-8,16H,9-10H2,(H2,19,20,21). The fourth-order valence-electron chi connectivity index (χ4n) is 2.73. The largest absolute Gasteiger partial charge is 0.323 e. The molecule has 7 heteroatoms. The molecular formula is C17H15ClN4OS. The monoisotopic (exact) mass is 358 g/mol. The van der Waals surface area contributed by atoms with Gasteiger partial charge in [0.1, 0.15) is 5.37 Å². The van der Waals surface area contributed by atoms with Crippen molar-refractivity contribution in [2.75, 3.05) is 11.2 Å². The van der Waals surface area contributed by atoms with E-state index in [1.165, 1.54) is 0 Å². The number of rotatable bonds is 3. The third kappa shape index (κ3) is 2.83. The van der Waals surface area contributed by atoms with E-state index < -0.39 is 0 Å². The topological polar surface area (TPSA) is 61.0 Å². The number of halogens is 1. The van der Waals surface area contributed by atoms with Gasteiger partial charge in [-0.3, -0.25) is 10.2 Å². The van der Waals surface area contributed by atoms with Crippen molar-refractivity contribution in [3.05, 3.63) is 59.1 Å². The molecule has 3 aromatic rings. The molecule has 1 atom stereocenters. The Kier molecular flexibility index (Phi) is 4.08. The number of aromatic amines is 1. The van der Waals surface area contributed by atoms with E-state index in [1.807, 2.05) is 48.5 Å². The van der Waals surface area contributed by atoms with Gasteiger partial charge in [0, 0.05) is 22.8 Å². The van der Waals surface area contributed by atoms with Crippen molar-refractivity contribution in [3.63, 3.8) is 0 Å². The molecular weight excluding hydrogens is 344 g/mol. The Bertz CT molecular complexity index is 864. The van der Waals surface area contributed by atoms with Crippen LogP contribution in [0.4, 0.5) is 5.95 Å². The molecule has 0 aliphatic carbocycles. The number of amides is 1. The number of nitrogens with one attached hydrogen (secondary N) is 2. The number of para-hydroxylation sites is 2. The zero-order valence-corrected chi connectivity index (χ0v) is 14.3. The van der Waals surface area contributed by atoms with Crippen LogP contribution in [-0.4, -0.2) is 26.6 Å². The molecule has 2 N–H and O–H groups in total. The zero-order chi connectivity index (χ0) is 16.5. The maximum Gasteiger partial charge on any atom is 0.243 e. The van der Waals surface area contributed by atoms with E-state index in [-0.39, 0.29) is 11.3 Å². The molecule has 24 heavy (non-hydrogen) atoms. The Morgan fingerprint density at radius 2 is 2.00 bits per heavy atom. The van der Waals surface area contributed by atoms with Gasteiger partial charge < -0.3 is 4.98 Å². The van der Waals surface area contributed by atoms with E-state index in [9.17, 15) is 4.79 Å². The van der Waals surface area contributed by atoms with Crippen LogP contribution in [0.3, 0.4) is 0 Å². The van der Waals surface area contributed by atoms with E-state index in [2.05, 4.69) is 15.4 Å². The summed E-state index contributed by atoms with van der Waals surface area (Å²) in [6, 6.07) is 15.4. The first-order chi connectivity index (χ1) is 11.7. The summed E-state index contributed by atoms with van der Waals surface area (Å²) in [6.07, 6.45) is 0.485. The highest BCUT2D eigenvalue weighted by atomic mass is 35.5. The highest BCUT2D eigenvalue weighted by Crippen LogP contribution is 2.40. The summed E-state index contributed by atoms with van der Waals surface area (Å²) in [4.78, 5) is 20.2. The third-order valence-corrected chi connectivity index (χ3v) is 5.45. The van der Waals surface area contributed by atoms with E-state index in [0.717, 1.165) is 22.3 Å². The lowest BCUT2D eigenvalue weighted by atomic mass is 10.2. The molecule has 1 aliphatic heterocycles. The minimum absolute atomic E-state index is 0.0270. The normalized spacial score (nSPS) is 18.1. The van der Waals surface area contributed by atoms with Crippen LogP contribution in [0.25, 0.3) is 11.0 Å². The van der Waals surface area contributed by atoms with E-state index in [0.29, 0.717) is 17.4 Å². The van der Waals surface area contributed by atoms with Crippen LogP contribution in [0.5, 0.6) is 0 Å². The summed E-state index contributed by atoms with van der Waals surface area (Å²) in [5.74, 6) is 1.34. The van der Waals surface area contributed by atoms with E-state index in [1.54, 1.807) is 16.8 Å². The number of anilines is 1. The van der Waals surface area contributed by atoms with Gasteiger partial charge >= 0.3 is 0 Å². The van der Waals surface area contributed by atoms with Gasteiger partial charge in [-0.25, -0.2) is 9.99 Å². The summed E-state index contributed by atoms with van der Waals surface area (Å²) >= 11 is 8.02. The fourth-order valence-corrected chi connectivity index (χ4v) is 4.25. The minimum Gasteiger partial charge on any atom is -0.323 e. The number of benzene rings is 2. The van der Waals surface area contributed by atoms with Crippen LogP contribution in [0, 0.1) is 0 Å². The lowest BCUT2D eigenvalue weighted by Crippen LogP contribution is -2.41. The quantitative estimate of drug-likeness (QED) is 0.736. The minimum atomic E-state index is -0.187. The lowest BCUT2D eigenvalue weighted by Gasteiger charge is -2.35. The molecule has 2 aromatic carbocycles. The third-order valence-electron chi connectivity index (χ3n) is 3.88. The number of hydrogen-bond donors (Lipinski definition) is 2. The number of aromatic nitrogens is 2. The Balaban J connectivity index is 1.67. The summed E-state index contributed by atoms with van der Waals surface area (Å²) < 4.78 is 0. The molecule has 1 amide bonds. The van der Waals surface area contributed by atoms with Gasteiger partial charge in [0.15, 0.2) is 0 Å². The molecule has 0 bridgehead atoms. The van der Waals surface area contributed by atoms with Crippen LogP contribution in [-0.2, 0) is 4.79 Å². The Morgan fingerprint density at radius 3 is 2.83 bits per heavy atom. The second-order valence-electron chi connectivity index (χ2n) is 5.47. The maximum absolute atomic E-state index is 12.5. The summed E-state index contributed by atoms with van der Waals surface area (Å²) in [5, 5.41) is 2.09. The number of carbonyl (C=O) groups is 1. The van der Waals surface area contributed by atoms with Crippen molar-refractivity contribution in [2.24, 2.45) is 0 Å². The van der Waals surface area contributed by atoms with Crippen LogP contribution in [0.2, 0.25) is 5.02 Å². The summed E-state index contributed by atoms with van der Waals surface area (Å²) in [7, 11) is 0. The number of carbonyl (C=O) groups excluding carboxylic acids is 1. The van der Waals surface area contributed by atoms with Gasteiger partial charge in [0.2, 0.25) is 11.9 Å². The fraction of sp³-hybridized carbons (Fsp3) is 0.176. The first-order valence-corrected chi connectivity index (χ1v) is 9.04. The van der Waals surface area contributed by atoms with Crippen molar-refractivity contribution in [1.29, 1.82) is 0 Å². The molecule has 1 aliphatic rings. The molecule has 1 aromatic heterocycles. The highest BCUT2D eigenvalue weighted by Gasteiger charge is 2.32. The van der Waals surface area contributed by atoms with Gasteiger partial charge in [-0.15, -0.1) is 11.8 Å². The molecule has 1 saturated heterocycles. The highest BCUT2D eigenvalue weighted by molar-refractivity contribution is 7.99. The van der Waals surface area contributed by atoms with Crippen molar-refractivity contribution in [1.82, 2.24) is 15.0 Å². The zero-order valence-electron chi connectivity index (χ0n) is 12.7. The molecule has 1 unspecified atom stereocenters. The van der Waals surface area contributed by atoms with Gasteiger partial charge in [0.05, 0.1) is 11.0 Å². The average Bonchev–Trinajstić information content (AvgIpc) is 3.00. The average molecular weight is 359 g/mol. The van der Waals surface area contributed by atoms with Crippen LogP contribution >= 0.6 is 23.4 Å². The molecule has 2 heterocycles. The molecule has 1 fully saturated rings. The van der Waals surface area contributed by atoms with Gasteiger partial charge in [-0.2, -0.15) is 0 Å². The number of nitrogens with zero attached hydrogens (tertiary/aromatic N) is 2. The Hall–Kier alpha value is -2.18. The number of hydrogen-bond acceptors (Lipinski definition) is 4. The first kappa shape index (κ1) is 15.4. The first-order valence-electron chi connectivity index (χ1n) is 7.62. The van der Waals surface area contributed by atoms with Gasteiger partial charge in [-0.05, 0) is 18.2 Å². The Labute approximate surface area is 148 Å². The van der Waals surface area contributed by atoms with E-state index >= 15 is 0 Å². The number of hydrazine groups is 1. The summed E-state index contributed by atoms with van der Waals surface area (Å²) in [6.45, 7) is 0. The van der Waals surface area contributed by atoms with Gasteiger partial charge in [-0.1, -0.05) is 41.9 Å². The number of H-pyrrole nitrogens is 1. The van der Waals surface area contributed by atoms with Crippen LogP contribution in [0.1, 0.15) is 17.4 Å². The second kappa shape index (κ2) is 6.37. The number of fused-ring (bicyclic) bond motifs is 1. The molecule has 0 radical (unpaired) electrons. The maximum atomic E-state index is 12.5. The lowest BCUT2D eigenvalue weighted by molar-refractivity contribution is -0.130. The molecule has 4 rings (SSSR count). The van der Waals surface area contributed by atoms with Crippen molar-refractivity contribution < 1.29 is 4.79 Å². The smallest absolute Gasteiger partial charge is 0.243 e. The van der Waals surface area contributed by atoms with Crippen molar-refractivity contribution >= 4 is 46.3 Å². The predicted molar refractivity (Wildman–Crippen MR) is 97.8 cm³/mol. The molecule has 0 spiro atoms. The van der Waals surface area contributed by atoms with Crippen molar-refractivity contribution in [2.45, 2.75) is 11.8 Å². The molecule has 0 saturated carbocycles.